The van der Waals surface area contributed by atoms with Gasteiger partial charge in [-0.25, -0.2) is 0 Å². The van der Waals surface area contributed by atoms with Crippen LogP contribution in [0.15, 0.2) is 24.3 Å². The second kappa shape index (κ2) is 9.56. The molecule has 1 aromatic carbocycles. The molecule has 2 rings (SSSR count). The van der Waals surface area contributed by atoms with Gasteiger partial charge in [-0.3, -0.25) is 9.78 Å². The summed E-state index contributed by atoms with van der Waals surface area (Å²) in [4.78, 5) is 17.1. The van der Waals surface area contributed by atoms with Gasteiger partial charge in [0.25, 0.3) is 0 Å². The van der Waals surface area contributed by atoms with E-state index in [1.165, 1.54) is 5.56 Å². The van der Waals surface area contributed by atoms with Gasteiger partial charge in [-0.15, -0.1) is 0 Å². The fourth-order valence-corrected chi connectivity index (χ4v) is 3.73. The van der Waals surface area contributed by atoms with Gasteiger partial charge in [-0.1, -0.05) is 77.8 Å². The first-order valence-corrected chi connectivity index (χ1v) is 10.8. The van der Waals surface area contributed by atoms with E-state index in [2.05, 4.69) is 79.2 Å². The molecule has 0 saturated carbocycles. The number of nitrogens with two attached hydrogens (primary N) is 1. The summed E-state index contributed by atoms with van der Waals surface area (Å²) in [5, 5.41) is 0. The van der Waals surface area contributed by atoms with E-state index in [0.29, 0.717) is 5.92 Å². The van der Waals surface area contributed by atoms with Crippen molar-refractivity contribution >= 4 is 5.91 Å². The lowest BCUT2D eigenvalue weighted by molar-refractivity contribution is -0.117. The summed E-state index contributed by atoms with van der Waals surface area (Å²) in [7, 11) is 0. The number of aryl methyl sites for hydroxylation is 2. The predicted octanol–water partition coefficient (Wildman–Crippen LogP) is 5.83. The highest BCUT2D eigenvalue weighted by atomic mass is 16.1. The molecule has 0 bridgehead atoms. The molecule has 1 heterocycles. The summed E-state index contributed by atoms with van der Waals surface area (Å²) in [5.41, 5.74) is 13.4. The molecule has 2 N–H and O–H groups in total. The van der Waals surface area contributed by atoms with E-state index in [1.54, 1.807) is 0 Å². The number of rotatable bonds is 8. The van der Waals surface area contributed by atoms with E-state index in [4.69, 9.17) is 10.7 Å². The lowest BCUT2D eigenvalue weighted by atomic mass is 9.80. The zero-order valence-electron chi connectivity index (χ0n) is 19.2. The molecule has 0 saturated heterocycles. The van der Waals surface area contributed by atoms with Crippen molar-refractivity contribution in [3.05, 3.63) is 58.8 Å². The Kier molecular flexibility index (Phi) is 7.62. The van der Waals surface area contributed by atoms with Gasteiger partial charge in [0.2, 0.25) is 5.91 Å². The Morgan fingerprint density at radius 2 is 1.76 bits per heavy atom. The molecule has 157 valence electrons. The van der Waals surface area contributed by atoms with Gasteiger partial charge in [-0.05, 0) is 59.8 Å². The minimum Gasteiger partial charge on any atom is -0.369 e. The van der Waals surface area contributed by atoms with Crippen LogP contribution in [-0.2, 0) is 24.1 Å². The normalized spacial score (nSPS) is 11.9. The molecule has 2 aromatic rings. The second-order valence-electron chi connectivity index (χ2n) is 9.64. The Morgan fingerprint density at radius 1 is 1.14 bits per heavy atom. The van der Waals surface area contributed by atoms with E-state index >= 15 is 0 Å². The molecule has 0 aliphatic rings. The number of primary amides is 1. The van der Waals surface area contributed by atoms with Crippen LogP contribution in [-0.4, -0.2) is 10.9 Å². The molecule has 0 spiro atoms. The molecule has 0 aliphatic carbocycles. The zero-order valence-corrected chi connectivity index (χ0v) is 19.2. The van der Waals surface area contributed by atoms with E-state index < -0.39 is 0 Å². The SMILES string of the molecule is CCCc1nc(CC(C)C)c([CH]C(C)(C)C)c(-c2ccc(C)cc2)c1CC(N)=O. The summed E-state index contributed by atoms with van der Waals surface area (Å²) >= 11 is 0. The maximum atomic E-state index is 12.0. The van der Waals surface area contributed by atoms with Crippen molar-refractivity contribution in [2.45, 2.75) is 74.1 Å². The van der Waals surface area contributed by atoms with Crippen molar-refractivity contribution in [2.24, 2.45) is 17.1 Å². The smallest absolute Gasteiger partial charge is 0.221 e. The number of carbonyl (C=O) groups is 1. The van der Waals surface area contributed by atoms with E-state index in [1.807, 2.05) is 0 Å². The van der Waals surface area contributed by atoms with Crippen LogP contribution in [0.2, 0.25) is 0 Å². The molecule has 1 amide bonds. The number of aromatic nitrogens is 1. The molecule has 0 unspecified atom stereocenters. The predicted molar refractivity (Wildman–Crippen MR) is 123 cm³/mol. The number of hydrogen-bond donors (Lipinski definition) is 1. The molecule has 29 heavy (non-hydrogen) atoms. The third-order valence-electron chi connectivity index (χ3n) is 4.86. The summed E-state index contributed by atoms with van der Waals surface area (Å²) < 4.78 is 0. The topological polar surface area (TPSA) is 56.0 Å². The van der Waals surface area contributed by atoms with Gasteiger partial charge in [0.05, 0.1) is 6.42 Å². The van der Waals surface area contributed by atoms with Crippen molar-refractivity contribution in [3.8, 4) is 11.1 Å². The number of hydrogen-bond acceptors (Lipinski definition) is 2. The van der Waals surface area contributed by atoms with Crippen LogP contribution in [0.3, 0.4) is 0 Å². The monoisotopic (exact) mass is 393 g/mol. The number of pyridine rings is 1. The van der Waals surface area contributed by atoms with Gasteiger partial charge in [0.15, 0.2) is 0 Å². The highest BCUT2D eigenvalue weighted by molar-refractivity contribution is 5.83. The Hall–Kier alpha value is -2.16. The fourth-order valence-electron chi connectivity index (χ4n) is 3.73. The van der Waals surface area contributed by atoms with E-state index in [0.717, 1.165) is 52.9 Å². The van der Waals surface area contributed by atoms with E-state index in [9.17, 15) is 4.79 Å². The lowest BCUT2D eigenvalue weighted by Gasteiger charge is -2.26. The van der Waals surface area contributed by atoms with Crippen LogP contribution in [0, 0.1) is 24.7 Å². The molecular weight excluding hydrogens is 356 g/mol. The Labute approximate surface area is 177 Å². The maximum absolute atomic E-state index is 12.0. The van der Waals surface area contributed by atoms with Crippen molar-refractivity contribution in [1.29, 1.82) is 0 Å². The molecule has 0 aliphatic heterocycles. The van der Waals surface area contributed by atoms with Gasteiger partial charge in [0, 0.05) is 11.4 Å². The molecule has 1 aromatic heterocycles. The standard InChI is InChI=1S/C26H37N2O/c1-8-9-22-20(15-24(27)29)25(19-12-10-18(4)11-13-19)21(16-26(5,6)7)23(28-22)14-17(2)3/h10-13,16-17H,8-9,14-15H2,1-7H3,(H2,27,29). The molecule has 3 heteroatoms. The average Bonchev–Trinajstić information content (AvgIpc) is 2.58. The number of benzene rings is 1. The van der Waals surface area contributed by atoms with Crippen LogP contribution in [0.5, 0.6) is 0 Å². The first-order valence-electron chi connectivity index (χ1n) is 10.8. The lowest BCUT2D eigenvalue weighted by Crippen LogP contribution is -2.20. The quantitative estimate of drug-likeness (QED) is 0.613. The summed E-state index contributed by atoms with van der Waals surface area (Å²) in [5.74, 6) is 0.188. The van der Waals surface area contributed by atoms with Gasteiger partial charge in [-0.2, -0.15) is 0 Å². The van der Waals surface area contributed by atoms with Crippen molar-refractivity contribution in [1.82, 2.24) is 4.98 Å². The third-order valence-corrected chi connectivity index (χ3v) is 4.86. The van der Waals surface area contributed by atoms with E-state index in [-0.39, 0.29) is 17.7 Å². The Morgan fingerprint density at radius 3 is 2.24 bits per heavy atom. The van der Waals surface area contributed by atoms with Crippen LogP contribution in [0.25, 0.3) is 11.1 Å². The zero-order chi connectivity index (χ0) is 21.8. The number of carbonyl (C=O) groups excluding carboxylic acids is 1. The molecule has 1 radical (unpaired) electrons. The number of nitrogens with zero attached hydrogens (tertiary/aromatic N) is 1. The maximum Gasteiger partial charge on any atom is 0.221 e. The van der Waals surface area contributed by atoms with Crippen molar-refractivity contribution < 1.29 is 4.79 Å². The minimum absolute atomic E-state index is 0.0108. The van der Waals surface area contributed by atoms with Crippen LogP contribution in [0.1, 0.15) is 76.0 Å². The van der Waals surface area contributed by atoms with Crippen LogP contribution >= 0.6 is 0 Å². The van der Waals surface area contributed by atoms with Gasteiger partial charge in [0.1, 0.15) is 0 Å². The average molecular weight is 394 g/mol. The van der Waals surface area contributed by atoms with Crippen LogP contribution < -0.4 is 5.73 Å². The molecule has 0 fully saturated rings. The first-order chi connectivity index (χ1) is 13.5. The fraction of sp³-hybridized carbons (Fsp3) is 0.500. The second-order valence-corrected chi connectivity index (χ2v) is 9.64. The molecular formula is C26H37N2O. The molecule has 3 nitrogen and oxygen atoms in total. The summed E-state index contributed by atoms with van der Waals surface area (Å²) in [6.07, 6.45) is 5.28. The number of amides is 1. The van der Waals surface area contributed by atoms with Crippen molar-refractivity contribution in [2.75, 3.05) is 0 Å². The largest absolute Gasteiger partial charge is 0.369 e. The Bertz CT molecular complexity index is 842. The van der Waals surface area contributed by atoms with Gasteiger partial charge >= 0.3 is 0 Å². The first kappa shape index (κ1) is 23.1. The third kappa shape index (κ3) is 6.42. The van der Waals surface area contributed by atoms with Gasteiger partial charge < -0.3 is 5.73 Å². The summed E-state index contributed by atoms with van der Waals surface area (Å²) in [6, 6.07) is 8.58. The van der Waals surface area contributed by atoms with Crippen molar-refractivity contribution in [3.63, 3.8) is 0 Å². The highest BCUT2D eigenvalue weighted by Crippen LogP contribution is 2.38. The van der Waals surface area contributed by atoms with Crippen LogP contribution in [0.4, 0.5) is 0 Å². The molecule has 0 atom stereocenters. The Balaban J connectivity index is 2.90. The summed E-state index contributed by atoms with van der Waals surface area (Å²) in [6.45, 7) is 15.3. The highest BCUT2D eigenvalue weighted by Gasteiger charge is 2.25. The minimum atomic E-state index is -0.309.